The predicted octanol–water partition coefficient (Wildman–Crippen LogP) is 1.24. The van der Waals surface area contributed by atoms with Gasteiger partial charge in [-0.25, -0.2) is 0 Å². The molecule has 1 saturated heterocycles. The number of hydrogen-bond donors (Lipinski definition) is 1. The molecule has 1 amide bonds. The van der Waals surface area contributed by atoms with Crippen LogP contribution in [0.25, 0.3) is 11.0 Å². The zero-order chi connectivity index (χ0) is 17.6. The smallest absolute Gasteiger partial charge is 0.246 e. The Morgan fingerprint density at radius 2 is 1.92 bits per heavy atom. The van der Waals surface area contributed by atoms with Crippen molar-refractivity contribution in [2.75, 3.05) is 19.7 Å². The summed E-state index contributed by atoms with van der Waals surface area (Å²) < 4.78 is 6.14. The van der Waals surface area contributed by atoms with Crippen molar-refractivity contribution in [2.24, 2.45) is 0 Å². The Bertz CT molecular complexity index is 920. The van der Waals surface area contributed by atoms with Crippen LogP contribution in [0.4, 0.5) is 0 Å². The highest BCUT2D eigenvalue weighted by atomic mass is 16.5. The van der Waals surface area contributed by atoms with Gasteiger partial charge in [0, 0.05) is 13.1 Å². The zero-order valence-corrected chi connectivity index (χ0v) is 14.4. The summed E-state index contributed by atoms with van der Waals surface area (Å²) in [4.78, 5) is 16.0. The summed E-state index contributed by atoms with van der Waals surface area (Å²) in [5.41, 5.74) is 3.62. The van der Waals surface area contributed by atoms with Crippen LogP contribution < -0.4 is 0 Å². The van der Waals surface area contributed by atoms with Crippen LogP contribution >= 0.6 is 0 Å². The van der Waals surface area contributed by atoms with E-state index in [-0.39, 0.29) is 18.1 Å². The second kappa shape index (κ2) is 5.91. The minimum Gasteiger partial charge on any atom is -0.368 e. The number of benzene rings is 1. The fourth-order valence-electron chi connectivity index (χ4n) is 4.03. The molecule has 2 aliphatic heterocycles. The standard InChI is InChI=1S/C18H20N6O2/c25-16(12-24-21-14-3-1-2-4-15(14)22-24)23-8-6-18(7-9-23)17-13(5-10-26-18)11-19-20-17/h1-4,11H,5-10,12H2,(H,19,20). The maximum Gasteiger partial charge on any atom is 0.246 e. The summed E-state index contributed by atoms with van der Waals surface area (Å²) in [5, 5.41) is 16.0. The van der Waals surface area contributed by atoms with Crippen molar-refractivity contribution in [1.82, 2.24) is 30.1 Å². The fraction of sp³-hybridized carbons (Fsp3) is 0.444. The zero-order valence-electron chi connectivity index (χ0n) is 14.4. The Hall–Kier alpha value is -2.74. The van der Waals surface area contributed by atoms with Gasteiger partial charge in [-0.15, -0.1) is 0 Å². The number of fused-ring (bicyclic) bond motifs is 3. The average Bonchev–Trinajstić information content (AvgIpc) is 3.29. The lowest BCUT2D eigenvalue weighted by Gasteiger charge is -2.43. The summed E-state index contributed by atoms with van der Waals surface area (Å²) in [6.07, 6.45) is 4.35. The summed E-state index contributed by atoms with van der Waals surface area (Å²) in [6.45, 7) is 2.21. The molecule has 0 radical (unpaired) electrons. The van der Waals surface area contributed by atoms with Crippen molar-refractivity contribution >= 4 is 16.9 Å². The Balaban J connectivity index is 1.28. The molecule has 2 aromatic heterocycles. The molecule has 0 atom stereocenters. The number of piperidine rings is 1. The largest absolute Gasteiger partial charge is 0.368 e. The van der Waals surface area contributed by atoms with E-state index in [1.54, 1.807) is 0 Å². The van der Waals surface area contributed by atoms with Gasteiger partial charge in [-0.1, -0.05) is 12.1 Å². The van der Waals surface area contributed by atoms with Crippen LogP contribution in [0.5, 0.6) is 0 Å². The number of likely N-dealkylation sites (tertiary alicyclic amines) is 1. The van der Waals surface area contributed by atoms with Gasteiger partial charge < -0.3 is 9.64 Å². The molecular formula is C18H20N6O2. The van der Waals surface area contributed by atoms with E-state index in [4.69, 9.17) is 4.74 Å². The molecule has 4 heterocycles. The van der Waals surface area contributed by atoms with Crippen molar-refractivity contribution in [1.29, 1.82) is 0 Å². The fourth-order valence-corrected chi connectivity index (χ4v) is 4.03. The number of carbonyl (C=O) groups is 1. The van der Waals surface area contributed by atoms with Crippen molar-refractivity contribution in [3.63, 3.8) is 0 Å². The highest BCUT2D eigenvalue weighted by Crippen LogP contribution is 2.40. The second-order valence-corrected chi connectivity index (χ2v) is 6.96. The molecule has 1 spiro atoms. The lowest BCUT2D eigenvalue weighted by Crippen LogP contribution is -2.49. The van der Waals surface area contributed by atoms with Crippen molar-refractivity contribution in [3.05, 3.63) is 41.7 Å². The molecule has 2 aliphatic rings. The summed E-state index contributed by atoms with van der Waals surface area (Å²) >= 11 is 0. The van der Waals surface area contributed by atoms with Gasteiger partial charge in [-0.3, -0.25) is 9.89 Å². The van der Waals surface area contributed by atoms with E-state index in [1.807, 2.05) is 35.4 Å². The number of nitrogens with one attached hydrogen (secondary N) is 1. The van der Waals surface area contributed by atoms with Gasteiger partial charge in [0.05, 0.1) is 18.5 Å². The summed E-state index contributed by atoms with van der Waals surface area (Å²) in [5.74, 6) is 0.0424. The minimum absolute atomic E-state index is 0.0424. The highest BCUT2D eigenvalue weighted by Gasteiger charge is 2.43. The lowest BCUT2D eigenvalue weighted by molar-refractivity contribution is -0.142. The molecule has 8 nitrogen and oxygen atoms in total. The molecule has 1 aromatic carbocycles. The molecule has 1 N–H and O–H groups in total. The monoisotopic (exact) mass is 352 g/mol. The first kappa shape index (κ1) is 15.5. The van der Waals surface area contributed by atoms with E-state index in [0.717, 1.165) is 36.0 Å². The first-order valence-electron chi connectivity index (χ1n) is 8.98. The number of rotatable bonds is 2. The van der Waals surface area contributed by atoms with E-state index in [0.29, 0.717) is 19.7 Å². The molecule has 5 rings (SSSR count). The van der Waals surface area contributed by atoms with E-state index in [1.165, 1.54) is 10.4 Å². The third-order valence-electron chi connectivity index (χ3n) is 5.45. The molecule has 134 valence electrons. The van der Waals surface area contributed by atoms with Gasteiger partial charge in [0.25, 0.3) is 0 Å². The summed E-state index contributed by atoms with van der Waals surface area (Å²) in [7, 11) is 0. The maximum absolute atomic E-state index is 12.7. The normalized spacial score (nSPS) is 19.0. The number of aromatic amines is 1. The van der Waals surface area contributed by atoms with Crippen molar-refractivity contribution in [2.45, 2.75) is 31.4 Å². The molecular weight excluding hydrogens is 332 g/mol. The van der Waals surface area contributed by atoms with Crippen LogP contribution in [0, 0.1) is 0 Å². The van der Waals surface area contributed by atoms with Crippen LogP contribution in [0.3, 0.4) is 0 Å². The molecule has 3 aromatic rings. The van der Waals surface area contributed by atoms with Gasteiger partial charge in [0.1, 0.15) is 23.2 Å². The van der Waals surface area contributed by atoms with Gasteiger partial charge in [0.2, 0.25) is 5.91 Å². The second-order valence-electron chi connectivity index (χ2n) is 6.96. The highest BCUT2D eigenvalue weighted by molar-refractivity contribution is 5.77. The summed E-state index contributed by atoms with van der Waals surface area (Å²) in [6, 6.07) is 7.63. The Morgan fingerprint density at radius 3 is 2.65 bits per heavy atom. The molecule has 8 heteroatoms. The minimum atomic E-state index is -0.320. The van der Waals surface area contributed by atoms with Crippen LogP contribution in [0.1, 0.15) is 24.1 Å². The first-order valence-corrected chi connectivity index (χ1v) is 8.98. The van der Waals surface area contributed by atoms with Crippen LogP contribution in [-0.2, 0) is 28.1 Å². The number of aromatic nitrogens is 5. The average molecular weight is 352 g/mol. The molecule has 0 aliphatic carbocycles. The van der Waals surface area contributed by atoms with Gasteiger partial charge in [-0.05, 0) is 37.0 Å². The van der Waals surface area contributed by atoms with Gasteiger partial charge in [0.15, 0.2) is 0 Å². The topological polar surface area (TPSA) is 88.9 Å². The molecule has 0 saturated carbocycles. The van der Waals surface area contributed by atoms with Crippen LogP contribution in [0.2, 0.25) is 0 Å². The number of hydrogen-bond acceptors (Lipinski definition) is 5. The Labute approximate surface area is 150 Å². The first-order chi connectivity index (χ1) is 12.7. The lowest BCUT2D eigenvalue weighted by atomic mass is 9.84. The predicted molar refractivity (Wildman–Crippen MR) is 93.3 cm³/mol. The number of carbonyl (C=O) groups excluding carboxylic acids is 1. The van der Waals surface area contributed by atoms with Gasteiger partial charge in [-0.2, -0.15) is 20.1 Å². The third kappa shape index (κ3) is 2.48. The SMILES string of the molecule is O=C(Cn1nc2ccccc2n1)N1CCC2(CC1)OCCc1cn[nH]c12. The Morgan fingerprint density at radius 1 is 1.19 bits per heavy atom. The molecule has 0 unspecified atom stereocenters. The van der Waals surface area contributed by atoms with E-state index >= 15 is 0 Å². The van der Waals surface area contributed by atoms with Crippen molar-refractivity contribution < 1.29 is 9.53 Å². The van der Waals surface area contributed by atoms with Crippen LogP contribution in [-0.4, -0.2) is 55.7 Å². The molecule has 0 bridgehead atoms. The number of ether oxygens (including phenoxy) is 1. The van der Waals surface area contributed by atoms with Crippen LogP contribution in [0.15, 0.2) is 30.5 Å². The van der Waals surface area contributed by atoms with Crippen molar-refractivity contribution in [3.8, 4) is 0 Å². The van der Waals surface area contributed by atoms with E-state index in [2.05, 4.69) is 20.4 Å². The van der Waals surface area contributed by atoms with E-state index in [9.17, 15) is 4.79 Å². The Kier molecular flexibility index (Phi) is 3.53. The quantitative estimate of drug-likeness (QED) is 0.750. The number of amides is 1. The molecule has 1 fully saturated rings. The van der Waals surface area contributed by atoms with Gasteiger partial charge >= 0.3 is 0 Å². The third-order valence-corrected chi connectivity index (χ3v) is 5.45. The van der Waals surface area contributed by atoms with E-state index < -0.39 is 0 Å². The molecule has 26 heavy (non-hydrogen) atoms. The number of H-pyrrole nitrogens is 1. The maximum atomic E-state index is 12.7. The number of nitrogens with zero attached hydrogens (tertiary/aromatic N) is 5.